The van der Waals surface area contributed by atoms with E-state index in [1.54, 1.807) is 19.2 Å². The molecule has 0 heterocycles. The third-order valence-corrected chi connectivity index (χ3v) is 5.73. The van der Waals surface area contributed by atoms with Gasteiger partial charge in [-0.2, -0.15) is 4.31 Å². The summed E-state index contributed by atoms with van der Waals surface area (Å²) in [6.07, 6.45) is 2.27. The average Bonchev–Trinajstić information content (AvgIpc) is 2.43. The van der Waals surface area contributed by atoms with Gasteiger partial charge in [-0.15, -0.1) is 6.58 Å². The quantitative estimate of drug-likeness (QED) is 0.731. The predicted molar refractivity (Wildman–Crippen MR) is 88.5 cm³/mol. The molecule has 1 aromatic carbocycles. The largest absolute Gasteiger partial charge is 0.316 e. The summed E-state index contributed by atoms with van der Waals surface area (Å²) in [5, 5.41) is 3.54. The first-order valence-corrected chi connectivity index (χ1v) is 8.82. The van der Waals surface area contributed by atoms with E-state index in [2.05, 4.69) is 11.9 Å². The van der Waals surface area contributed by atoms with Gasteiger partial charge in [0.25, 0.3) is 0 Å². The summed E-state index contributed by atoms with van der Waals surface area (Å²) in [4.78, 5) is 0.0779. The van der Waals surface area contributed by atoms with Crippen molar-refractivity contribution in [2.75, 3.05) is 20.1 Å². The molecule has 0 saturated carbocycles. The minimum atomic E-state index is -3.67. The summed E-state index contributed by atoms with van der Waals surface area (Å²) in [5.41, 5.74) is 0.581. The first kappa shape index (κ1) is 18.5. The number of rotatable bonds is 8. The standard InChI is InChI=1S/C14H20Cl2N2O2S/c1-4-8-18(9-5-2)21(19,20)13-7-6-12(15)11(10-17-3)14(13)16/h4,6-7,17H,1,5,8-10H2,2-3H3. The van der Waals surface area contributed by atoms with E-state index < -0.39 is 10.0 Å². The van der Waals surface area contributed by atoms with Crippen LogP contribution in [0.5, 0.6) is 0 Å². The van der Waals surface area contributed by atoms with Crippen LogP contribution >= 0.6 is 23.2 Å². The SMILES string of the molecule is C=CCN(CCC)S(=O)(=O)c1ccc(Cl)c(CNC)c1Cl. The molecular formula is C14H20Cl2N2O2S. The van der Waals surface area contributed by atoms with Gasteiger partial charge in [-0.1, -0.05) is 36.2 Å². The van der Waals surface area contributed by atoms with Gasteiger partial charge in [-0.3, -0.25) is 0 Å². The zero-order valence-electron chi connectivity index (χ0n) is 12.2. The van der Waals surface area contributed by atoms with Gasteiger partial charge >= 0.3 is 0 Å². The second-order valence-electron chi connectivity index (χ2n) is 4.52. The van der Waals surface area contributed by atoms with Crippen LogP contribution < -0.4 is 5.32 Å². The van der Waals surface area contributed by atoms with Gasteiger partial charge in [0.2, 0.25) is 10.0 Å². The van der Waals surface area contributed by atoms with Crippen LogP contribution in [0.3, 0.4) is 0 Å². The Kier molecular flexibility index (Phi) is 7.16. The molecule has 7 heteroatoms. The molecule has 0 amide bonds. The Labute approximate surface area is 136 Å². The Morgan fingerprint density at radius 1 is 1.38 bits per heavy atom. The van der Waals surface area contributed by atoms with Crippen LogP contribution in [0.15, 0.2) is 29.7 Å². The number of halogens is 2. The third kappa shape index (κ3) is 4.20. The van der Waals surface area contributed by atoms with Crippen LogP contribution in [0.4, 0.5) is 0 Å². The molecule has 4 nitrogen and oxygen atoms in total. The highest BCUT2D eigenvalue weighted by Gasteiger charge is 2.27. The van der Waals surface area contributed by atoms with E-state index >= 15 is 0 Å². The van der Waals surface area contributed by atoms with E-state index in [9.17, 15) is 8.42 Å². The summed E-state index contributed by atoms with van der Waals surface area (Å²) < 4.78 is 26.8. The molecule has 0 unspecified atom stereocenters. The number of hydrogen-bond donors (Lipinski definition) is 1. The van der Waals surface area contributed by atoms with E-state index in [1.165, 1.54) is 10.4 Å². The number of hydrogen-bond acceptors (Lipinski definition) is 3. The molecule has 1 rings (SSSR count). The molecule has 1 N–H and O–H groups in total. The van der Waals surface area contributed by atoms with Crippen molar-refractivity contribution in [3.63, 3.8) is 0 Å². The fourth-order valence-corrected chi connectivity index (χ4v) is 4.35. The maximum absolute atomic E-state index is 12.7. The van der Waals surface area contributed by atoms with Crippen molar-refractivity contribution in [2.24, 2.45) is 0 Å². The molecule has 0 radical (unpaired) electrons. The van der Waals surface area contributed by atoms with Crippen LogP contribution in [0.1, 0.15) is 18.9 Å². The second-order valence-corrected chi connectivity index (χ2v) is 7.21. The molecular weight excluding hydrogens is 331 g/mol. The fourth-order valence-electron chi connectivity index (χ4n) is 1.96. The maximum atomic E-state index is 12.7. The average molecular weight is 351 g/mol. The lowest BCUT2D eigenvalue weighted by atomic mass is 10.2. The highest BCUT2D eigenvalue weighted by atomic mass is 35.5. The normalized spacial score (nSPS) is 11.9. The molecule has 1 aromatic rings. The van der Waals surface area contributed by atoms with E-state index in [4.69, 9.17) is 23.2 Å². The fraction of sp³-hybridized carbons (Fsp3) is 0.429. The minimum Gasteiger partial charge on any atom is -0.316 e. The van der Waals surface area contributed by atoms with Crippen molar-refractivity contribution in [1.29, 1.82) is 0 Å². The molecule has 118 valence electrons. The third-order valence-electron chi connectivity index (χ3n) is 2.93. The Morgan fingerprint density at radius 3 is 2.57 bits per heavy atom. The van der Waals surface area contributed by atoms with Gasteiger partial charge in [0.15, 0.2) is 0 Å². The topological polar surface area (TPSA) is 49.4 Å². The van der Waals surface area contributed by atoms with Crippen molar-refractivity contribution < 1.29 is 8.42 Å². The van der Waals surface area contributed by atoms with Crippen LogP contribution in [-0.4, -0.2) is 32.9 Å². The van der Waals surface area contributed by atoms with Crippen molar-refractivity contribution in [1.82, 2.24) is 9.62 Å². The smallest absolute Gasteiger partial charge is 0.244 e. The van der Waals surface area contributed by atoms with E-state index in [-0.39, 0.29) is 16.5 Å². The van der Waals surface area contributed by atoms with E-state index in [1.807, 2.05) is 6.92 Å². The number of nitrogens with zero attached hydrogens (tertiary/aromatic N) is 1. The summed E-state index contributed by atoms with van der Waals surface area (Å²) in [6, 6.07) is 3.01. The summed E-state index contributed by atoms with van der Waals surface area (Å²) >= 11 is 12.3. The summed E-state index contributed by atoms with van der Waals surface area (Å²) in [7, 11) is -1.92. The summed E-state index contributed by atoms with van der Waals surface area (Å²) in [5.74, 6) is 0. The lowest BCUT2D eigenvalue weighted by Gasteiger charge is -2.21. The van der Waals surface area contributed by atoms with Crippen LogP contribution in [0.25, 0.3) is 0 Å². The van der Waals surface area contributed by atoms with Crippen LogP contribution in [0, 0.1) is 0 Å². The lowest BCUT2D eigenvalue weighted by Crippen LogP contribution is -2.32. The first-order valence-electron chi connectivity index (χ1n) is 6.62. The van der Waals surface area contributed by atoms with Crippen LogP contribution in [-0.2, 0) is 16.6 Å². The lowest BCUT2D eigenvalue weighted by molar-refractivity contribution is 0.441. The molecule has 0 aliphatic heterocycles. The van der Waals surface area contributed by atoms with Gasteiger partial charge in [-0.05, 0) is 25.6 Å². The van der Waals surface area contributed by atoms with Crippen LogP contribution in [0.2, 0.25) is 10.0 Å². The molecule has 0 atom stereocenters. The van der Waals surface area contributed by atoms with E-state index in [0.717, 1.165) is 0 Å². The molecule has 21 heavy (non-hydrogen) atoms. The van der Waals surface area contributed by atoms with Crippen molar-refractivity contribution >= 4 is 33.2 Å². The maximum Gasteiger partial charge on any atom is 0.244 e. The monoisotopic (exact) mass is 350 g/mol. The molecule has 0 saturated heterocycles. The molecule has 0 aromatic heterocycles. The molecule has 0 aliphatic rings. The Bertz CT molecular complexity index is 603. The zero-order chi connectivity index (χ0) is 16.0. The predicted octanol–water partition coefficient (Wildman–Crippen LogP) is 3.30. The number of sulfonamides is 1. The van der Waals surface area contributed by atoms with Gasteiger partial charge in [-0.25, -0.2) is 8.42 Å². The van der Waals surface area contributed by atoms with Crippen molar-refractivity contribution in [3.8, 4) is 0 Å². The molecule has 0 spiro atoms. The second kappa shape index (κ2) is 8.15. The van der Waals surface area contributed by atoms with Crippen molar-refractivity contribution in [3.05, 3.63) is 40.4 Å². The molecule has 0 fully saturated rings. The Hall–Kier alpha value is -0.590. The Balaban J connectivity index is 3.36. The highest BCUT2D eigenvalue weighted by Crippen LogP contribution is 2.32. The van der Waals surface area contributed by atoms with Gasteiger partial charge in [0.05, 0.1) is 5.02 Å². The number of nitrogens with one attached hydrogen (secondary N) is 1. The summed E-state index contributed by atoms with van der Waals surface area (Å²) in [6.45, 7) is 6.58. The Morgan fingerprint density at radius 2 is 2.05 bits per heavy atom. The number of benzene rings is 1. The van der Waals surface area contributed by atoms with Gasteiger partial charge in [0.1, 0.15) is 4.90 Å². The van der Waals surface area contributed by atoms with Gasteiger partial charge < -0.3 is 5.32 Å². The van der Waals surface area contributed by atoms with Gasteiger partial charge in [0, 0.05) is 30.2 Å². The van der Waals surface area contributed by atoms with Crippen molar-refractivity contribution in [2.45, 2.75) is 24.8 Å². The first-order chi connectivity index (χ1) is 9.89. The minimum absolute atomic E-state index is 0.0779. The highest BCUT2D eigenvalue weighted by molar-refractivity contribution is 7.89. The molecule has 0 aliphatic carbocycles. The zero-order valence-corrected chi connectivity index (χ0v) is 14.5. The molecule has 0 bridgehead atoms. The van der Waals surface area contributed by atoms with E-state index in [0.29, 0.717) is 30.1 Å².